The molecule has 1 aliphatic heterocycles. The number of nitrogens with zero attached hydrogens (tertiary/aromatic N) is 1. The molecule has 0 unspecified atom stereocenters. The summed E-state index contributed by atoms with van der Waals surface area (Å²) >= 11 is 0. The Morgan fingerprint density at radius 1 is 1.05 bits per heavy atom. The van der Waals surface area contributed by atoms with Crippen molar-refractivity contribution in [2.24, 2.45) is 0 Å². The molecule has 1 saturated heterocycles. The van der Waals surface area contributed by atoms with Crippen molar-refractivity contribution in [1.29, 1.82) is 5.26 Å². The highest BCUT2D eigenvalue weighted by Gasteiger charge is 2.21. The molecule has 0 amide bonds. The van der Waals surface area contributed by atoms with E-state index in [2.05, 4.69) is 6.07 Å². The van der Waals surface area contributed by atoms with Gasteiger partial charge in [-0.25, -0.2) is 0 Å². The first-order valence-corrected chi connectivity index (χ1v) is 7.20. The topological polar surface area (TPSA) is 45.5 Å². The van der Waals surface area contributed by atoms with E-state index in [1.54, 1.807) is 0 Å². The molecule has 2 aromatic carbocycles. The van der Waals surface area contributed by atoms with Gasteiger partial charge in [0.05, 0.1) is 31.0 Å². The maximum Gasteiger partial charge on any atom is 0.119 e. The van der Waals surface area contributed by atoms with Crippen LogP contribution in [0.4, 0.5) is 0 Å². The van der Waals surface area contributed by atoms with Crippen LogP contribution in [0.5, 0.6) is 5.75 Å². The molecule has 21 heavy (non-hydrogen) atoms. The van der Waals surface area contributed by atoms with Crippen LogP contribution in [0.15, 0.2) is 48.5 Å². The minimum Gasteiger partial charge on any atom is -0.494 e. The molecule has 1 fully saturated rings. The SMILES string of the molecule is N#Cc1ccc(-c2ccc(OCCC[C@@H]3CO3)cc2)cc1. The minimum absolute atomic E-state index is 0.479. The van der Waals surface area contributed by atoms with Crippen LogP contribution in [-0.2, 0) is 4.74 Å². The number of rotatable bonds is 6. The summed E-state index contributed by atoms with van der Waals surface area (Å²) in [6.45, 7) is 1.65. The lowest BCUT2D eigenvalue weighted by molar-refractivity contribution is 0.294. The molecular weight excluding hydrogens is 262 g/mol. The van der Waals surface area contributed by atoms with Gasteiger partial charge < -0.3 is 9.47 Å². The molecule has 0 saturated carbocycles. The van der Waals surface area contributed by atoms with E-state index in [4.69, 9.17) is 14.7 Å². The first-order valence-electron chi connectivity index (χ1n) is 7.20. The molecule has 0 N–H and O–H groups in total. The first-order chi connectivity index (χ1) is 10.3. The Kier molecular flexibility index (Phi) is 4.18. The van der Waals surface area contributed by atoms with Gasteiger partial charge in [0.1, 0.15) is 5.75 Å². The van der Waals surface area contributed by atoms with Gasteiger partial charge in [0.25, 0.3) is 0 Å². The normalized spacial score (nSPS) is 16.2. The number of epoxide rings is 1. The van der Waals surface area contributed by atoms with Gasteiger partial charge in [-0.15, -0.1) is 0 Å². The van der Waals surface area contributed by atoms with E-state index in [0.29, 0.717) is 11.7 Å². The zero-order valence-electron chi connectivity index (χ0n) is 11.8. The summed E-state index contributed by atoms with van der Waals surface area (Å²) in [6, 6.07) is 17.8. The Balaban J connectivity index is 1.56. The van der Waals surface area contributed by atoms with Crippen LogP contribution in [0.1, 0.15) is 18.4 Å². The second-order valence-electron chi connectivity index (χ2n) is 5.16. The van der Waals surface area contributed by atoms with Crippen molar-refractivity contribution in [2.45, 2.75) is 18.9 Å². The number of benzene rings is 2. The third kappa shape index (κ3) is 3.84. The van der Waals surface area contributed by atoms with Crippen molar-refractivity contribution in [2.75, 3.05) is 13.2 Å². The van der Waals surface area contributed by atoms with Gasteiger partial charge in [-0.2, -0.15) is 5.26 Å². The summed E-state index contributed by atoms with van der Waals surface area (Å²) in [5.74, 6) is 0.893. The third-order valence-electron chi connectivity index (χ3n) is 3.54. The molecule has 0 spiro atoms. The van der Waals surface area contributed by atoms with Gasteiger partial charge in [-0.05, 0) is 48.2 Å². The highest BCUT2D eigenvalue weighted by atomic mass is 16.6. The summed E-state index contributed by atoms with van der Waals surface area (Å²) in [6.07, 6.45) is 2.60. The molecular formula is C18H17NO2. The second kappa shape index (κ2) is 6.43. The molecule has 106 valence electrons. The van der Waals surface area contributed by atoms with E-state index < -0.39 is 0 Å². The molecule has 3 nitrogen and oxygen atoms in total. The van der Waals surface area contributed by atoms with E-state index >= 15 is 0 Å². The van der Waals surface area contributed by atoms with Gasteiger partial charge >= 0.3 is 0 Å². The molecule has 0 radical (unpaired) electrons. The minimum atomic E-state index is 0.479. The highest BCUT2D eigenvalue weighted by Crippen LogP contribution is 2.23. The molecule has 3 rings (SSSR count). The number of hydrogen-bond donors (Lipinski definition) is 0. The van der Waals surface area contributed by atoms with Gasteiger partial charge in [0.15, 0.2) is 0 Å². The van der Waals surface area contributed by atoms with Crippen molar-refractivity contribution in [3.63, 3.8) is 0 Å². The predicted molar refractivity (Wildman–Crippen MR) is 81.1 cm³/mol. The molecule has 0 aromatic heterocycles. The maximum atomic E-state index is 8.80. The summed E-state index contributed by atoms with van der Waals surface area (Å²) in [7, 11) is 0. The third-order valence-corrected chi connectivity index (χ3v) is 3.54. The molecule has 1 atom stereocenters. The Bertz CT molecular complexity index is 622. The lowest BCUT2D eigenvalue weighted by atomic mass is 10.0. The molecule has 0 aliphatic carbocycles. The average molecular weight is 279 g/mol. The van der Waals surface area contributed by atoms with Crippen molar-refractivity contribution >= 4 is 0 Å². The number of ether oxygens (including phenoxy) is 2. The van der Waals surface area contributed by atoms with E-state index in [1.165, 1.54) is 0 Å². The van der Waals surface area contributed by atoms with E-state index in [-0.39, 0.29) is 0 Å². The van der Waals surface area contributed by atoms with Crippen molar-refractivity contribution < 1.29 is 9.47 Å². The van der Waals surface area contributed by atoms with E-state index in [9.17, 15) is 0 Å². The molecule has 1 aliphatic rings. The fourth-order valence-corrected chi connectivity index (χ4v) is 2.22. The van der Waals surface area contributed by atoms with Crippen molar-refractivity contribution in [1.82, 2.24) is 0 Å². The van der Waals surface area contributed by atoms with Gasteiger partial charge in [-0.3, -0.25) is 0 Å². The Morgan fingerprint density at radius 3 is 2.24 bits per heavy atom. The van der Waals surface area contributed by atoms with Crippen LogP contribution in [-0.4, -0.2) is 19.3 Å². The van der Waals surface area contributed by atoms with E-state index in [0.717, 1.165) is 42.9 Å². The monoisotopic (exact) mass is 279 g/mol. The average Bonchev–Trinajstić information content (AvgIpc) is 3.37. The molecule has 2 aromatic rings. The van der Waals surface area contributed by atoms with Crippen LogP contribution in [0, 0.1) is 11.3 Å². The van der Waals surface area contributed by atoms with Crippen LogP contribution in [0.25, 0.3) is 11.1 Å². The zero-order valence-corrected chi connectivity index (χ0v) is 11.8. The highest BCUT2D eigenvalue weighted by molar-refractivity contribution is 5.64. The van der Waals surface area contributed by atoms with Gasteiger partial charge in [0.2, 0.25) is 0 Å². The summed E-state index contributed by atoms with van der Waals surface area (Å²) in [5.41, 5.74) is 2.91. The largest absolute Gasteiger partial charge is 0.494 e. The number of nitriles is 1. The molecule has 1 heterocycles. The van der Waals surface area contributed by atoms with Crippen LogP contribution >= 0.6 is 0 Å². The van der Waals surface area contributed by atoms with Gasteiger partial charge in [0, 0.05) is 0 Å². The van der Waals surface area contributed by atoms with Crippen LogP contribution in [0.2, 0.25) is 0 Å². The quantitative estimate of drug-likeness (QED) is 0.597. The lowest BCUT2D eigenvalue weighted by Crippen LogP contribution is -1.99. The standard InChI is InChI=1S/C18H17NO2/c19-12-14-3-5-15(6-4-14)16-7-9-17(10-8-16)20-11-1-2-18-13-21-18/h3-10,18H,1-2,11,13H2/t18-/m1/s1. The summed E-state index contributed by atoms with van der Waals surface area (Å²) in [4.78, 5) is 0. The lowest BCUT2D eigenvalue weighted by Gasteiger charge is -2.07. The smallest absolute Gasteiger partial charge is 0.119 e. The Labute approximate surface area is 124 Å². The first kappa shape index (κ1) is 13.7. The fraction of sp³-hybridized carbons (Fsp3) is 0.278. The van der Waals surface area contributed by atoms with Crippen LogP contribution in [0.3, 0.4) is 0 Å². The van der Waals surface area contributed by atoms with E-state index in [1.807, 2.05) is 48.5 Å². The Morgan fingerprint density at radius 2 is 1.67 bits per heavy atom. The molecule has 3 heteroatoms. The summed E-state index contributed by atoms with van der Waals surface area (Å²) in [5, 5.41) is 8.80. The summed E-state index contributed by atoms with van der Waals surface area (Å²) < 4.78 is 10.9. The second-order valence-corrected chi connectivity index (χ2v) is 5.16. The van der Waals surface area contributed by atoms with Gasteiger partial charge in [-0.1, -0.05) is 24.3 Å². The maximum absolute atomic E-state index is 8.80. The Hall–Kier alpha value is -2.31. The number of hydrogen-bond acceptors (Lipinski definition) is 3. The van der Waals surface area contributed by atoms with Crippen molar-refractivity contribution in [3.05, 3.63) is 54.1 Å². The van der Waals surface area contributed by atoms with Crippen molar-refractivity contribution in [3.8, 4) is 22.9 Å². The fourth-order valence-electron chi connectivity index (χ4n) is 2.22. The van der Waals surface area contributed by atoms with Crippen LogP contribution < -0.4 is 4.74 Å². The molecule has 0 bridgehead atoms. The predicted octanol–water partition coefficient (Wildman–Crippen LogP) is 3.78. The zero-order chi connectivity index (χ0) is 14.5.